The lowest BCUT2D eigenvalue weighted by Crippen LogP contribution is -2.40. The molecule has 0 aromatic carbocycles. The largest absolute Gasteiger partial charge is 0.349 e. The average Bonchev–Trinajstić information content (AvgIpc) is 2.98. The molecule has 1 aromatic rings. The first-order valence-corrected chi connectivity index (χ1v) is 7.41. The Morgan fingerprint density at radius 1 is 1.57 bits per heavy atom. The second-order valence-electron chi connectivity index (χ2n) is 5.07. The van der Waals surface area contributed by atoms with E-state index in [1.54, 1.807) is 18.3 Å². The van der Waals surface area contributed by atoms with Crippen molar-refractivity contribution in [2.75, 3.05) is 26.2 Å². The number of nitrogens with two attached hydrogens (primary N) is 1. The third kappa shape index (κ3) is 4.28. The molecule has 112 valence electrons. The van der Waals surface area contributed by atoms with Crippen molar-refractivity contribution >= 4 is 5.91 Å². The standard InChI is InChI=1S/C16H22N4O/c1-2-20-10-4-6-14(20)12-19-16(21)15-8-7-13(11-18-15)5-3-9-17/h7-8,11,14H,2,4,6,9-10,12,17H2,1H3,(H,19,21). The van der Waals surface area contributed by atoms with E-state index >= 15 is 0 Å². The number of pyridine rings is 1. The number of hydrogen-bond donors (Lipinski definition) is 2. The first-order valence-electron chi connectivity index (χ1n) is 7.41. The Hall–Kier alpha value is -1.90. The molecule has 1 aliphatic rings. The number of aromatic nitrogens is 1. The molecule has 2 heterocycles. The van der Waals surface area contributed by atoms with Gasteiger partial charge in [0, 0.05) is 24.3 Å². The van der Waals surface area contributed by atoms with Gasteiger partial charge in [-0.15, -0.1) is 0 Å². The Labute approximate surface area is 125 Å². The maximum Gasteiger partial charge on any atom is 0.269 e. The first-order chi connectivity index (χ1) is 10.2. The number of carbonyl (C=O) groups excluding carboxylic acids is 1. The topological polar surface area (TPSA) is 71.2 Å². The van der Waals surface area contributed by atoms with Gasteiger partial charge < -0.3 is 11.1 Å². The zero-order valence-corrected chi connectivity index (χ0v) is 12.4. The second kappa shape index (κ2) is 7.77. The van der Waals surface area contributed by atoms with E-state index in [1.165, 1.54) is 6.42 Å². The van der Waals surface area contributed by atoms with Crippen LogP contribution in [-0.2, 0) is 0 Å². The van der Waals surface area contributed by atoms with Gasteiger partial charge in [0.05, 0.1) is 6.54 Å². The Bertz CT molecular complexity index is 529. The summed E-state index contributed by atoms with van der Waals surface area (Å²) in [5, 5.41) is 2.97. The van der Waals surface area contributed by atoms with Crippen molar-refractivity contribution in [3.05, 3.63) is 29.6 Å². The molecule has 1 saturated heterocycles. The monoisotopic (exact) mass is 286 g/mol. The van der Waals surface area contributed by atoms with Crippen LogP contribution in [0.5, 0.6) is 0 Å². The molecule has 1 atom stereocenters. The minimum absolute atomic E-state index is 0.128. The Morgan fingerprint density at radius 3 is 3.10 bits per heavy atom. The molecule has 0 spiro atoms. The first kappa shape index (κ1) is 15.5. The summed E-state index contributed by atoms with van der Waals surface area (Å²) in [6.45, 7) is 5.32. The highest BCUT2D eigenvalue weighted by Gasteiger charge is 2.23. The van der Waals surface area contributed by atoms with Gasteiger partial charge in [0.15, 0.2) is 0 Å². The minimum Gasteiger partial charge on any atom is -0.349 e. The average molecular weight is 286 g/mol. The predicted octanol–water partition coefficient (Wildman–Crippen LogP) is 0.606. The van der Waals surface area contributed by atoms with Crippen molar-refractivity contribution in [1.29, 1.82) is 0 Å². The van der Waals surface area contributed by atoms with E-state index in [9.17, 15) is 4.79 Å². The van der Waals surface area contributed by atoms with Gasteiger partial charge in [0.2, 0.25) is 0 Å². The van der Waals surface area contributed by atoms with E-state index in [0.29, 0.717) is 24.8 Å². The Kier molecular flexibility index (Phi) is 5.73. The third-order valence-corrected chi connectivity index (χ3v) is 3.73. The number of nitrogens with zero attached hydrogens (tertiary/aromatic N) is 2. The molecule has 1 amide bonds. The van der Waals surface area contributed by atoms with Crippen molar-refractivity contribution in [1.82, 2.24) is 15.2 Å². The highest BCUT2D eigenvalue weighted by molar-refractivity contribution is 5.92. The van der Waals surface area contributed by atoms with Gasteiger partial charge >= 0.3 is 0 Å². The van der Waals surface area contributed by atoms with Gasteiger partial charge in [0.25, 0.3) is 5.91 Å². The predicted molar refractivity (Wildman–Crippen MR) is 82.8 cm³/mol. The molecule has 1 aliphatic heterocycles. The fraction of sp³-hybridized carbons (Fsp3) is 0.500. The molecule has 2 rings (SSSR count). The lowest BCUT2D eigenvalue weighted by atomic mass is 10.2. The smallest absolute Gasteiger partial charge is 0.269 e. The fourth-order valence-corrected chi connectivity index (χ4v) is 2.60. The van der Waals surface area contributed by atoms with Gasteiger partial charge in [0.1, 0.15) is 5.69 Å². The SMILES string of the molecule is CCN1CCCC1CNC(=O)c1ccc(C#CCN)cn1. The minimum atomic E-state index is -0.128. The summed E-state index contributed by atoms with van der Waals surface area (Å²) >= 11 is 0. The van der Waals surface area contributed by atoms with Crippen LogP contribution in [-0.4, -0.2) is 48.0 Å². The van der Waals surface area contributed by atoms with Gasteiger partial charge in [-0.2, -0.15) is 0 Å². The van der Waals surface area contributed by atoms with Gasteiger partial charge in [-0.1, -0.05) is 18.8 Å². The lowest BCUT2D eigenvalue weighted by molar-refractivity contribution is 0.0936. The van der Waals surface area contributed by atoms with E-state index < -0.39 is 0 Å². The van der Waals surface area contributed by atoms with Crippen LogP contribution >= 0.6 is 0 Å². The Balaban J connectivity index is 1.88. The summed E-state index contributed by atoms with van der Waals surface area (Å²) in [4.78, 5) is 18.6. The summed E-state index contributed by atoms with van der Waals surface area (Å²) < 4.78 is 0. The van der Waals surface area contributed by atoms with E-state index in [4.69, 9.17) is 5.73 Å². The van der Waals surface area contributed by atoms with E-state index in [0.717, 1.165) is 25.1 Å². The molecule has 5 nitrogen and oxygen atoms in total. The number of nitrogens with one attached hydrogen (secondary N) is 1. The molecular formula is C16H22N4O. The molecule has 0 saturated carbocycles. The van der Waals surface area contributed by atoms with Gasteiger partial charge in [-0.05, 0) is 38.1 Å². The summed E-state index contributed by atoms with van der Waals surface area (Å²) in [6.07, 6.45) is 3.96. The van der Waals surface area contributed by atoms with E-state index in [-0.39, 0.29) is 5.91 Å². The highest BCUT2D eigenvalue weighted by atomic mass is 16.1. The molecule has 5 heteroatoms. The van der Waals surface area contributed by atoms with Crippen LogP contribution in [0.2, 0.25) is 0 Å². The molecule has 0 bridgehead atoms. The maximum atomic E-state index is 12.1. The lowest BCUT2D eigenvalue weighted by Gasteiger charge is -2.22. The Morgan fingerprint density at radius 2 is 2.43 bits per heavy atom. The van der Waals surface area contributed by atoms with Crippen molar-refractivity contribution in [2.24, 2.45) is 5.73 Å². The van der Waals surface area contributed by atoms with Crippen molar-refractivity contribution < 1.29 is 4.79 Å². The molecular weight excluding hydrogens is 264 g/mol. The number of likely N-dealkylation sites (N-methyl/N-ethyl adjacent to an activating group) is 1. The third-order valence-electron chi connectivity index (χ3n) is 3.73. The molecule has 0 radical (unpaired) electrons. The molecule has 3 N–H and O–H groups in total. The zero-order chi connectivity index (χ0) is 15.1. The van der Waals surface area contributed by atoms with Crippen LogP contribution in [0.25, 0.3) is 0 Å². The van der Waals surface area contributed by atoms with Crippen LogP contribution in [0.3, 0.4) is 0 Å². The summed E-state index contributed by atoms with van der Waals surface area (Å²) in [6, 6.07) is 3.94. The van der Waals surface area contributed by atoms with Crippen molar-refractivity contribution in [3.8, 4) is 11.8 Å². The maximum absolute atomic E-state index is 12.1. The van der Waals surface area contributed by atoms with Crippen LogP contribution in [0, 0.1) is 11.8 Å². The fourth-order valence-electron chi connectivity index (χ4n) is 2.60. The van der Waals surface area contributed by atoms with Gasteiger partial charge in [-0.25, -0.2) is 4.98 Å². The van der Waals surface area contributed by atoms with E-state index in [2.05, 4.69) is 34.0 Å². The molecule has 1 unspecified atom stereocenters. The quantitative estimate of drug-likeness (QED) is 0.795. The molecule has 1 fully saturated rings. The second-order valence-corrected chi connectivity index (χ2v) is 5.07. The zero-order valence-electron chi connectivity index (χ0n) is 12.4. The molecule has 21 heavy (non-hydrogen) atoms. The van der Waals surface area contributed by atoms with Crippen LogP contribution in [0.1, 0.15) is 35.8 Å². The molecule has 1 aromatic heterocycles. The van der Waals surface area contributed by atoms with Crippen LogP contribution in [0.4, 0.5) is 0 Å². The van der Waals surface area contributed by atoms with Gasteiger partial charge in [-0.3, -0.25) is 9.69 Å². The summed E-state index contributed by atoms with van der Waals surface area (Å²) in [5.74, 6) is 5.51. The van der Waals surface area contributed by atoms with Crippen LogP contribution < -0.4 is 11.1 Å². The summed E-state index contributed by atoms with van der Waals surface area (Å²) in [5.41, 5.74) is 6.51. The van der Waals surface area contributed by atoms with Crippen molar-refractivity contribution in [3.63, 3.8) is 0 Å². The van der Waals surface area contributed by atoms with Crippen LogP contribution in [0.15, 0.2) is 18.3 Å². The number of likely N-dealkylation sites (tertiary alicyclic amines) is 1. The normalized spacial score (nSPS) is 18.1. The highest BCUT2D eigenvalue weighted by Crippen LogP contribution is 2.15. The number of hydrogen-bond acceptors (Lipinski definition) is 4. The number of amides is 1. The molecule has 0 aliphatic carbocycles. The number of carbonyl (C=O) groups is 1. The number of rotatable bonds is 4. The van der Waals surface area contributed by atoms with E-state index in [1.807, 2.05) is 0 Å². The van der Waals surface area contributed by atoms with Crippen molar-refractivity contribution in [2.45, 2.75) is 25.8 Å². The summed E-state index contributed by atoms with van der Waals surface area (Å²) in [7, 11) is 0.